The summed E-state index contributed by atoms with van der Waals surface area (Å²) in [6.07, 6.45) is 0.991. The first kappa shape index (κ1) is 15.9. The van der Waals surface area contributed by atoms with Crippen molar-refractivity contribution in [1.82, 2.24) is 5.32 Å². The summed E-state index contributed by atoms with van der Waals surface area (Å²) in [7, 11) is -1.38. The second-order valence-corrected chi connectivity index (χ2v) is 6.73. The summed E-state index contributed by atoms with van der Waals surface area (Å²) in [5.74, 6) is 0.597. The highest BCUT2D eigenvalue weighted by atomic mass is 32.2. The third kappa shape index (κ3) is 8.07. The molecule has 4 nitrogen and oxygen atoms in total. The summed E-state index contributed by atoms with van der Waals surface area (Å²) in [4.78, 5) is 0. The summed E-state index contributed by atoms with van der Waals surface area (Å²) in [5.41, 5.74) is 0. The van der Waals surface area contributed by atoms with Crippen LogP contribution in [0, 0.1) is 5.92 Å². The number of ether oxygens (including phenoxy) is 1. The van der Waals surface area contributed by atoms with Crippen LogP contribution in [-0.2, 0) is 14.6 Å². The van der Waals surface area contributed by atoms with E-state index in [1.54, 1.807) is 7.11 Å². The second-order valence-electron chi connectivity index (χ2n) is 4.58. The number of sulfone groups is 1. The van der Waals surface area contributed by atoms with Crippen molar-refractivity contribution in [1.29, 1.82) is 0 Å². The van der Waals surface area contributed by atoms with E-state index in [0.717, 1.165) is 13.0 Å². The van der Waals surface area contributed by atoms with Crippen LogP contribution in [0.5, 0.6) is 0 Å². The monoisotopic (exact) mass is 251 g/mol. The van der Waals surface area contributed by atoms with Crippen molar-refractivity contribution in [2.24, 2.45) is 5.92 Å². The lowest BCUT2D eigenvalue weighted by Gasteiger charge is -2.18. The average molecular weight is 251 g/mol. The lowest BCUT2D eigenvalue weighted by Crippen LogP contribution is -2.40. The van der Waals surface area contributed by atoms with Crippen LogP contribution in [-0.4, -0.2) is 46.2 Å². The fraction of sp³-hybridized carbons (Fsp3) is 1.00. The van der Waals surface area contributed by atoms with Gasteiger partial charge in [0, 0.05) is 13.2 Å². The summed E-state index contributed by atoms with van der Waals surface area (Å²) in [6.45, 7) is 7.16. The topological polar surface area (TPSA) is 55.4 Å². The zero-order valence-electron chi connectivity index (χ0n) is 10.8. The van der Waals surface area contributed by atoms with Crippen molar-refractivity contribution in [3.8, 4) is 0 Å². The van der Waals surface area contributed by atoms with Gasteiger partial charge in [0.1, 0.15) is 0 Å². The molecule has 0 aliphatic carbocycles. The van der Waals surface area contributed by atoms with Crippen LogP contribution in [0.3, 0.4) is 0 Å². The van der Waals surface area contributed by atoms with Crippen LogP contribution in [0.25, 0.3) is 0 Å². The lowest BCUT2D eigenvalue weighted by atomic mass is 10.3. The first-order valence-electron chi connectivity index (χ1n) is 5.84. The van der Waals surface area contributed by atoms with Gasteiger partial charge >= 0.3 is 0 Å². The van der Waals surface area contributed by atoms with Crippen molar-refractivity contribution < 1.29 is 13.2 Å². The van der Waals surface area contributed by atoms with Gasteiger partial charge in [0.25, 0.3) is 0 Å². The van der Waals surface area contributed by atoms with Gasteiger partial charge in [-0.25, -0.2) is 8.42 Å². The molecule has 0 radical (unpaired) electrons. The standard InChI is InChI=1S/C11H25NO3S/c1-5-6-12-11(7-15-4)9-16(13,14)8-10(2)3/h10-12H,5-9H2,1-4H3. The van der Waals surface area contributed by atoms with Crippen LogP contribution >= 0.6 is 0 Å². The van der Waals surface area contributed by atoms with Gasteiger partial charge in [-0.1, -0.05) is 20.8 Å². The molecule has 16 heavy (non-hydrogen) atoms. The molecule has 0 saturated carbocycles. The number of hydrogen-bond acceptors (Lipinski definition) is 4. The smallest absolute Gasteiger partial charge is 0.152 e. The van der Waals surface area contributed by atoms with Crippen molar-refractivity contribution in [2.45, 2.75) is 33.2 Å². The molecule has 0 rings (SSSR count). The predicted octanol–water partition coefficient (Wildman–Crippen LogP) is 1.07. The molecule has 0 heterocycles. The highest BCUT2D eigenvalue weighted by molar-refractivity contribution is 7.91. The molecule has 1 unspecified atom stereocenters. The number of rotatable bonds is 9. The molecule has 5 heteroatoms. The zero-order chi connectivity index (χ0) is 12.6. The van der Waals surface area contributed by atoms with Gasteiger partial charge in [-0.2, -0.15) is 0 Å². The molecule has 1 N–H and O–H groups in total. The quantitative estimate of drug-likeness (QED) is 0.666. The molecular weight excluding hydrogens is 226 g/mol. The fourth-order valence-electron chi connectivity index (χ4n) is 1.60. The minimum absolute atomic E-state index is 0.0892. The Morgan fingerprint density at radius 1 is 1.25 bits per heavy atom. The summed E-state index contributed by atoms with van der Waals surface area (Å²) >= 11 is 0. The molecular formula is C11H25NO3S. The van der Waals surface area contributed by atoms with Crippen LogP contribution in [0.15, 0.2) is 0 Å². The first-order valence-corrected chi connectivity index (χ1v) is 7.66. The Labute approximate surface area is 99.7 Å². The van der Waals surface area contributed by atoms with Gasteiger partial charge in [-0.05, 0) is 18.9 Å². The maximum Gasteiger partial charge on any atom is 0.152 e. The lowest BCUT2D eigenvalue weighted by molar-refractivity contribution is 0.173. The molecule has 0 aromatic carbocycles. The third-order valence-corrected chi connectivity index (χ3v) is 4.18. The largest absolute Gasteiger partial charge is 0.383 e. The van der Waals surface area contributed by atoms with Gasteiger partial charge in [-0.15, -0.1) is 0 Å². The van der Waals surface area contributed by atoms with E-state index in [4.69, 9.17) is 4.74 Å². The van der Waals surface area contributed by atoms with Gasteiger partial charge in [0.2, 0.25) is 0 Å². The maximum atomic E-state index is 11.8. The van der Waals surface area contributed by atoms with E-state index in [1.807, 2.05) is 13.8 Å². The molecule has 98 valence electrons. The van der Waals surface area contributed by atoms with Crippen molar-refractivity contribution in [3.05, 3.63) is 0 Å². The highest BCUT2D eigenvalue weighted by Gasteiger charge is 2.19. The van der Waals surface area contributed by atoms with Gasteiger partial charge < -0.3 is 10.1 Å². The van der Waals surface area contributed by atoms with E-state index >= 15 is 0 Å². The Bertz CT molecular complexity index is 262. The zero-order valence-corrected chi connectivity index (χ0v) is 11.6. The number of nitrogens with one attached hydrogen (secondary N) is 1. The molecule has 0 aromatic heterocycles. The number of hydrogen-bond donors (Lipinski definition) is 1. The molecule has 0 aliphatic rings. The van der Waals surface area contributed by atoms with Crippen LogP contribution in [0.2, 0.25) is 0 Å². The number of methoxy groups -OCH3 is 1. The van der Waals surface area contributed by atoms with Crippen molar-refractivity contribution in [3.63, 3.8) is 0 Å². The summed E-state index contributed by atoms with van der Waals surface area (Å²) in [5, 5.41) is 3.20. The molecule has 0 saturated heterocycles. The van der Waals surface area contributed by atoms with Crippen molar-refractivity contribution >= 4 is 9.84 Å². The SMILES string of the molecule is CCCNC(COC)CS(=O)(=O)CC(C)C. The third-order valence-electron chi connectivity index (χ3n) is 2.09. The second kappa shape index (κ2) is 8.03. The molecule has 0 aromatic rings. The van der Waals surface area contributed by atoms with Crippen LogP contribution in [0.4, 0.5) is 0 Å². The Balaban J connectivity index is 4.25. The fourth-order valence-corrected chi connectivity index (χ4v) is 3.58. The van der Waals surface area contributed by atoms with Crippen LogP contribution in [0.1, 0.15) is 27.2 Å². The van der Waals surface area contributed by atoms with Gasteiger partial charge in [0.15, 0.2) is 9.84 Å². The molecule has 0 fully saturated rings. The van der Waals surface area contributed by atoms with Gasteiger partial charge in [-0.3, -0.25) is 0 Å². The van der Waals surface area contributed by atoms with Crippen LogP contribution < -0.4 is 5.32 Å². The van der Waals surface area contributed by atoms with E-state index in [-0.39, 0.29) is 23.5 Å². The predicted molar refractivity (Wildman–Crippen MR) is 67.4 cm³/mol. The average Bonchev–Trinajstić information content (AvgIpc) is 2.11. The summed E-state index contributed by atoms with van der Waals surface area (Å²) < 4.78 is 28.6. The van der Waals surface area contributed by atoms with E-state index in [9.17, 15) is 8.42 Å². The Kier molecular flexibility index (Phi) is 7.97. The molecule has 0 spiro atoms. The van der Waals surface area contributed by atoms with E-state index < -0.39 is 9.84 Å². The van der Waals surface area contributed by atoms with E-state index in [1.165, 1.54) is 0 Å². The Hall–Kier alpha value is -0.130. The molecule has 0 bridgehead atoms. The Morgan fingerprint density at radius 3 is 2.31 bits per heavy atom. The van der Waals surface area contributed by atoms with Crippen molar-refractivity contribution in [2.75, 3.05) is 31.8 Å². The van der Waals surface area contributed by atoms with E-state index in [0.29, 0.717) is 6.61 Å². The molecule has 0 aliphatic heterocycles. The first-order chi connectivity index (χ1) is 7.41. The molecule has 1 atom stereocenters. The minimum Gasteiger partial charge on any atom is -0.383 e. The summed E-state index contributed by atoms with van der Waals surface area (Å²) in [6, 6.07) is -0.0892. The Morgan fingerprint density at radius 2 is 1.88 bits per heavy atom. The van der Waals surface area contributed by atoms with Gasteiger partial charge in [0.05, 0.1) is 18.1 Å². The molecule has 0 amide bonds. The minimum atomic E-state index is -2.98. The highest BCUT2D eigenvalue weighted by Crippen LogP contribution is 2.03. The van der Waals surface area contributed by atoms with E-state index in [2.05, 4.69) is 12.2 Å². The normalized spacial score (nSPS) is 14.3. The maximum absolute atomic E-state index is 11.8.